The van der Waals surface area contributed by atoms with Crippen LogP contribution in [0.3, 0.4) is 0 Å². The van der Waals surface area contributed by atoms with Gasteiger partial charge in [0, 0.05) is 19.2 Å². The molecule has 6 nitrogen and oxygen atoms in total. The molecule has 0 unspecified atom stereocenters. The van der Waals surface area contributed by atoms with Crippen LogP contribution in [-0.2, 0) is 20.1 Å². The molecular weight excluding hydrogens is 304 g/mol. The van der Waals surface area contributed by atoms with Crippen molar-refractivity contribution in [3.05, 3.63) is 50.7 Å². The highest BCUT2D eigenvalue weighted by molar-refractivity contribution is 5.77. The van der Waals surface area contributed by atoms with Gasteiger partial charge >= 0.3 is 5.69 Å². The molecule has 0 radical (unpaired) electrons. The Morgan fingerprint density at radius 2 is 2.00 bits per heavy atom. The first-order valence-electron chi connectivity index (χ1n) is 7.70. The van der Waals surface area contributed by atoms with Crippen LogP contribution in [0.1, 0.15) is 12.5 Å². The van der Waals surface area contributed by atoms with Crippen LogP contribution in [0.25, 0.3) is 22.6 Å². The van der Waals surface area contributed by atoms with Crippen LogP contribution in [0.2, 0.25) is 0 Å². The van der Waals surface area contributed by atoms with E-state index in [2.05, 4.69) is 10.9 Å². The summed E-state index contributed by atoms with van der Waals surface area (Å²) in [5, 5.41) is 0. The number of rotatable bonds is 3. The highest BCUT2D eigenvalue weighted by atomic mass is 16.2. The Morgan fingerprint density at radius 1 is 1.25 bits per heavy atom. The minimum absolute atomic E-state index is 0.0570. The zero-order valence-corrected chi connectivity index (χ0v) is 13.9. The molecule has 0 aliphatic carbocycles. The highest BCUT2D eigenvalue weighted by Gasteiger charge is 2.19. The summed E-state index contributed by atoms with van der Waals surface area (Å²) in [5.74, 6) is 3.01. The van der Waals surface area contributed by atoms with Crippen molar-refractivity contribution in [3.8, 4) is 23.7 Å². The first kappa shape index (κ1) is 15.8. The molecule has 0 spiro atoms. The van der Waals surface area contributed by atoms with Crippen molar-refractivity contribution in [2.75, 3.05) is 0 Å². The Morgan fingerprint density at radius 3 is 2.62 bits per heavy atom. The monoisotopic (exact) mass is 322 g/mol. The molecular formula is C18H18N4O2. The van der Waals surface area contributed by atoms with E-state index in [-0.39, 0.29) is 6.54 Å². The van der Waals surface area contributed by atoms with Gasteiger partial charge in [-0.3, -0.25) is 9.36 Å². The summed E-state index contributed by atoms with van der Waals surface area (Å²) in [5.41, 5.74) is 1.92. The third kappa shape index (κ3) is 2.26. The second kappa shape index (κ2) is 5.85. The van der Waals surface area contributed by atoms with Crippen LogP contribution in [0.4, 0.5) is 0 Å². The average molecular weight is 322 g/mol. The number of benzene rings is 1. The van der Waals surface area contributed by atoms with Crippen molar-refractivity contribution < 1.29 is 0 Å². The number of aryl methyl sites for hydroxylation is 3. The van der Waals surface area contributed by atoms with E-state index in [0.29, 0.717) is 23.5 Å². The molecule has 1 aromatic carbocycles. The Hall–Kier alpha value is -3.07. The van der Waals surface area contributed by atoms with Crippen molar-refractivity contribution >= 4 is 11.2 Å². The van der Waals surface area contributed by atoms with Crippen LogP contribution in [-0.4, -0.2) is 18.7 Å². The smallest absolute Gasteiger partial charge is 0.321 e. The standard InChI is InChI=1S/C18H18N4O2/c1-5-10-22-17(23)14-16(21(6-2)18(22)24)19-15(20(14)4)13-9-7-8-12(3)11-13/h1,7-9,11H,6,10H2,2-4H3. The molecule has 3 aromatic rings. The number of terminal acetylenes is 1. The van der Waals surface area contributed by atoms with Gasteiger partial charge in [-0.25, -0.2) is 14.3 Å². The van der Waals surface area contributed by atoms with Crippen molar-refractivity contribution in [2.24, 2.45) is 7.05 Å². The maximum atomic E-state index is 12.7. The van der Waals surface area contributed by atoms with E-state index in [1.54, 1.807) is 11.6 Å². The summed E-state index contributed by atoms with van der Waals surface area (Å²) in [7, 11) is 1.78. The van der Waals surface area contributed by atoms with E-state index >= 15 is 0 Å². The lowest BCUT2D eigenvalue weighted by molar-refractivity contribution is 0.630. The van der Waals surface area contributed by atoms with Crippen LogP contribution in [0.15, 0.2) is 33.9 Å². The Kier molecular flexibility index (Phi) is 3.86. The van der Waals surface area contributed by atoms with Crippen molar-refractivity contribution in [1.82, 2.24) is 18.7 Å². The maximum Gasteiger partial charge on any atom is 0.333 e. The lowest BCUT2D eigenvalue weighted by Crippen LogP contribution is -2.40. The SMILES string of the molecule is C#CCn1c(=O)c2c(nc(-c3cccc(C)c3)n2C)n(CC)c1=O. The number of fused-ring (bicyclic) bond motifs is 1. The third-order valence-electron chi connectivity index (χ3n) is 4.08. The molecule has 2 aromatic heterocycles. The van der Waals surface area contributed by atoms with E-state index < -0.39 is 11.2 Å². The predicted molar refractivity (Wildman–Crippen MR) is 93.9 cm³/mol. The van der Waals surface area contributed by atoms with E-state index in [1.165, 1.54) is 4.57 Å². The van der Waals surface area contributed by atoms with Crippen molar-refractivity contribution in [2.45, 2.75) is 26.9 Å². The topological polar surface area (TPSA) is 61.8 Å². The second-order valence-electron chi connectivity index (χ2n) is 5.66. The Balaban J connectivity index is 2.45. The molecule has 0 amide bonds. The van der Waals surface area contributed by atoms with Crippen molar-refractivity contribution in [1.29, 1.82) is 0 Å². The molecule has 0 atom stereocenters. The molecule has 2 heterocycles. The van der Waals surface area contributed by atoms with Crippen LogP contribution in [0.5, 0.6) is 0 Å². The Labute approximate surface area is 139 Å². The van der Waals surface area contributed by atoms with Gasteiger partial charge in [-0.15, -0.1) is 6.42 Å². The third-order valence-corrected chi connectivity index (χ3v) is 4.08. The molecule has 24 heavy (non-hydrogen) atoms. The average Bonchev–Trinajstić information content (AvgIpc) is 2.89. The number of imidazole rings is 1. The largest absolute Gasteiger partial charge is 0.333 e. The first-order valence-corrected chi connectivity index (χ1v) is 7.70. The maximum absolute atomic E-state index is 12.7. The van der Waals surface area contributed by atoms with Gasteiger partial charge in [0.25, 0.3) is 5.56 Å². The van der Waals surface area contributed by atoms with Gasteiger partial charge in [0.05, 0.1) is 6.54 Å². The van der Waals surface area contributed by atoms with E-state index in [9.17, 15) is 9.59 Å². The fourth-order valence-electron chi connectivity index (χ4n) is 2.92. The molecule has 0 aliphatic heterocycles. The predicted octanol–water partition coefficient (Wildman–Crippen LogP) is 1.53. The molecule has 3 rings (SSSR count). The number of hydrogen-bond acceptors (Lipinski definition) is 3. The molecule has 0 N–H and O–H groups in total. The first-order chi connectivity index (χ1) is 11.5. The summed E-state index contributed by atoms with van der Waals surface area (Å²) in [4.78, 5) is 29.8. The summed E-state index contributed by atoms with van der Waals surface area (Å²) in [6, 6.07) is 7.86. The normalized spacial score (nSPS) is 10.9. The molecule has 122 valence electrons. The molecule has 0 fully saturated rings. The minimum atomic E-state index is -0.429. The lowest BCUT2D eigenvalue weighted by atomic mass is 10.1. The number of hydrogen-bond donors (Lipinski definition) is 0. The summed E-state index contributed by atoms with van der Waals surface area (Å²) >= 11 is 0. The summed E-state index contributed by atoms with van der Waals surface area (Å²) in [6.07, 6.45) is 5.30. The minimum Gasteiger partial charge on any atom is -0.321 e. The van der Waals surface area contributed by atoms with Crippen LogP contribution < -0.4 is 11.2 Å². The molecule has 0 aliphatic rings. The van der Waals surface area contributed by atoms with E-state index in [1.807, 2.05) is 38.1 Å². The fraction of sp³-hybridized carbons (Fsp3) is 0.278. The second-order valence-corrected chi connectivity index (χ2v) is 5.66. The molecule has 6 heteroatoms. The van der Waals surface area contributed by atoms with Gasteiger partial charge in [0.15, 0.2) is 11.2 Å². The van der Waals surface area contributed by atoms with Crippen LogP contribution >= 0.6 is 0 Å². The van der Waals surface area contributed by atoms with Gasteiger partial charge in [-0.05, 0) is 19.9 Å². The van der Waals surface area contributed by atoms with E-state index in [4.69, 9.17) is 6.42 Å². The lowest BCUT2D eigenvalue weighted by Gasteiger charge is -2.07. The molecule has 0 saturated heterocycles. The quantitative estimate of drug-likeness (QED) is 0.687. The van der Waals surface area contributed by atoms with E-state index in [0.717, 1.165) is 15.7 Å². The fourth-order valence-corrected chi connectivity index (χ4v) is 2.92. The van der Waals surface area contributed by atoms with Gasteiger partial charge in [0.2, 0.25) is 0 Å². The highest BCUT2D eigenvalue weighted by Crippen LogP contribution is 2.22. The van der Waals surface area contributed by atoms with Gasteiger partial charge in [0.1, 0.15) is 5.82 Å². The van der Waals surface area contributed by atoms with Crippen molar-refractivity contribution in [3.63, 3.8) is 0 Å². The summed E-state index contributed by atoms with van der Waals surface area (Å²) < 4.78 is 4.28. The zero-order chi connectivity index (χ0) is 17.4. The van der Waals surface area contributed by atoms with Gasteiger partial charge in [-0.1, -0.05) is 29.7 Å². The van der Waals surface area contributed by atoms with Gasteiger partial charge in [-0.2, -0.15) is 0 Å². The molecule has 0 bridgehead atoms. The number of nitrogens with zero attached hydrogens (tertiary/aromatic N) is 4. The van der Waals surface area contributed by atoms with Crippen LogP contribution in [0, 0.1) is 19.3 Å². The Bertz CT molecular complexity index is 1090. The molecule has 0 saturated carbocycles. The zero-order valence-electron chi connectivity index (χ0n) is 13.9. The number of aromatic nitrogens is 4. The summed E-state index contributed by atoms with van der Waals surface area (Å²) in [6.45, 7) is 4.18. The van der Waals surface area contributed by atoms with Gasteiger partial charge < -0.3 is 4.57 Å².